The van der Waals surface area contributed by atoms with Crippen molar-refractivity contribution in [2.45, 2.75) is 64.0 Å². The molecular formula is C24H23F7N2O3. The predicted octanol–water partition coefficient (Wildman–Crippen LogP) is 7.12. The number of amides is 2. The van der Waals surface area contributed by atoms with Gasteiger partial charge >= 0.3 is 18.4 Å². The number of anilines is 2. The molecule has 1 heterocycles. The van der Waals surface area contributed by atoms with Gasteiger partial charge in [0.15, 0.2) is 0 Å². The summed E-state index contributed by atoms with van der Waals surface area (Å²) in [6.45, 7) is 4.99. The van der Waals surface area contributed by atoms with Crippen molar-refractivity contribution in [2.24, 2.45) is 0 Å². The van der Waals surface area contributed by atoms with E-state index in [2.05, 4.69) is 5.32 Å². The minimum Gasteiger partial charge on any atom is -0.446 e. The highest BCUT2D eigenvalue weighted by Crippen LogP contribution is 2.42. The molecule has 1 N–H and O–H groups in total. The van der Waals surface area contributed by atoms with E-state index < -0.39 is 65.0 Å². The lowest BCUT2D eigenvalue weighted by atomic mass is 9.83. The van der Waals surface area contributed by atoms with Crippen LogP contribution < -0.4 is 10.2 Å². The monoisotopic (exact) mass is 520 g/mol. The van der Waals surface area contributed by atoms with Gasteiger partial charge in [-0.05, 0) is 75.1 Å². The van der Waals surface area contributed by atoms with E-state index in [0.717, 1.165) is 12.1 Å². The van der Waals surface area contributed by atoms with Crippen molar-refractivity contribution in [2.75, 3.05) is 10.2 Å². The fourth-order valence-corrected chi connectivity index (χ4v) is 4.15. The quantitative estimate of drug-likeness (QED) is 0.437. The van der Waals surface area contributed by atoms with Gasteiger partial charge in [-0.25, -0.2) is 9.18 Å². The van der Waals surface area contributed by atoms with E-state index in [9.17, 15) is 40.3 Å². The molecule has 2 aromatic carbocycles. The Morgan fingerprint density at radius 3 is 2.14 bits per heavy atom. The van der Waals surface area contributed by atoms with Gasteiger partial charge in [0.1, 0.15) is 5.82 Å². The number of carbonyl (C=O) groups is 2. The second-order valence-electron chi connectivity index (χ2n) is 8.83. The summed E-state index contributed by atoms with van der Waals surface area (Å²) in [5.74, 6) is -2.17. The third kappa shape index (κ3) is 6.27. The van der Waals surface area contributed by atoms with E-state index in [-0.39, 0.29) is 18.9 Å². The Balaban J connectivity index is 1.88. The molecule has 0 fully saturated rings. The molecule has 0 saturated carbocycles. The van der Waals surface area contributed by atoms with Gasteiger partial charge in [0, 0.05) is 18.2 Å². The topological polar surface area (TPSA) is 58.6 Å². The van der Waals surface area contributed by atoms with Crippen LogP contribution in [0.25, 0.3) is 0 Å². The van der Waals surface area contributed by atoms with E-state index in [1.54, 1.807) is 20.8 Å². The van der Waals surface area contributed by atoms with Crippen LogP contribution in [0.1, 0.15) is 56.2 Å². The first kappa shape index (κ1) is 27.3. The molecule has 1 unspecified atom stereocenters. The third-order valence-corrected chi connectivity index (χ3v) is 5.59. The van der Waals surface area contributed by atoms with Crippen LogP contribution >= 0.6 is 0 Å². The lowest BCUT2D eigenvalue weighted by molar-refractivity contribution is -0.143. The number of carbonyl (C=O) groups excluding carboxylic acids is 2. The van der Waals surface area contributed by atoms with E-state index >= 15 is 0 Å². The molecule has 2 atom stereocenters. The van der Waals surface area contributed by atoms with Crippen molar-refractivity contribution >= 4 is 23.4 Å². The van der Waals surface area contributed by atoms with Crippen LogP contribution in [0.2, 0.25) is 0 Å². The summed E-state index contributed by atoms with van der Waals surface area (Å²) in [5.41, 5.74) is -3.20. The number of benzene rings is 2. The zero-order valence-corrected chi connectivity index (χ0v) is 19.4. The molecule has 3 rings (SSSR count). The first-order valence-electron chi connectivity index (χ1n) is 10.9. The molecule has 0 aliphatic carbocycles. The summed E-state index contributed by atoms with van der Waals surface area (Å²) in [4.78, 5) is 26.6. The summed E-state index contributed by atoms with van der Waals surface area (Å²) in [6.07, 6.45) is -11.4. The highest BCUT2D eigenvalue weighted by Gasteiger charge is 2.38. The molecule has 5 nitrogen and oxygen atoms in total. The molecule has 1 aliphatic heterocycles. The smallest absolute Gasteiger partial charge is 0.416 e. The normalized spacial score (nSPS) is 18.1. The number of alkyl halides is 6. The molecular weight excluding hydrogens is 497 g/mol. The van der Waals surface area contributed by atoms with Crippen molar-refractivity contribution in [1.29, 1.82) is 0 Å². The number of hydrogen-bond acceptors (Lipinski definition) is 3. The third-order valence-electron chi connectivity index (χ3n) is 5.59. The van der Waals surface area contributed by atoms with Gasteiger partial charge in [0.25, 0.3) is 0 Å². The molecule has 0 saturated heterocycles. The van der Waals surface area contributed by atoms with Gasteiger partial charge in [-0.2, -0.15) is 26.3 Å². The Morgan fingerprint density at radius 1 is 1.03 bits per heavy atom. The summed E-state index contributed by atoms with van der Waals surface area (Å²) < 4.78 is 98.0. The van der Waals surface area contributed by atoms with Crippen LogP contribution in [0.5, 0.6) is 0 Å². The first-order valence-corrected chi connectivity index (χ1v) is 10.9. The molecule has 36 heavy (non-hydrogen) atoms. The van der Waals surface area contributed by atoms with Gasteiger partial charge in [-0.1, -0.05) is 0 Å². The fraction of sp³-hybridized carbons (Fsp3) is 0.417. The summed E-state index contributed by atoms with van der Waals surface area (Å²) in [5, 5.41) is 2.10. The van der Waals surface area contributed by atoms with Gasteiger partial charge in [-0.15, -0.1) is 0 Å². The molecule has 0 aromatic heterocycles. The number of fused-ring (bicyclic) bond motifs is 1. The molecule has 12 heteroatoms. The predicted molar refractivity (Wildman–Crippen MR) is 117 cm³/mol. The average molecular weight is 520 g/mol. The SMILES string of the molecule is CC(C)OC(=O)N1c2ccc(F)cc2C(CC(=O)Nc2cc(C(F)(F)F)cc(C(F)(F)F)c2)C[C@@H]1C. The van der Waals surface area contributed by atoms with Crippen molar-refractivity contribution in [3.05, 3.63) is 58.9 Å². The number of hydrogen-bond donors (Lipinski definition) is 1. The highest BCUT2D eigenvalue weighted by atomic mass is 19.4. The van der Waals surface area contributed by atoms with Crippen molar-refractivity contribution in [1.82, 2.24) is 0 Å². The van der Waals surface area contributed by atoms with Crippen LogP contribution in [0, 0.1) is 5.82 Å². The summed E-state index contributed by atoms with van der Waals surface area (Å²) in [6, 6.07) is 3.92. The van der Waals surface area contributed by atoms with Crippen LogP contribution in [-0.2, 0) is 21.9 Å². The molecule has 196 valence electrons. The Hall–Kier alpha value is -3.31. The van der Waals surface area contributed by atoms with Crippen LogP contribution in [0.3, 0.4) is 0 Å². The second-order valence-corrected chi connectivity index (χ2v) is 8.83. The Kier molecular flexibility index (Phi) is 7.56. The molecule has 0 radical (unpaired) electrons. The zero-order chi connectivity index (χ0) is 27.0. The minimum absolute atomic E-state index is 0.0394. The van der Waals surface area contributed by atoms with Crippen molar-refractivity contribution in [3.8, 4) is 0 Å². The molecule has 2 amide bonds. The average Bonchev–Trinajstić information content (AvgIpc) is 2.72. The summed E-state index contributed by atoms with van der Waals surface area (Å²) >= 11 is 0. The molecule has 0 spiro atoms. The number of rotatable bonds is 4. The molecule has 2 aromatic rings. The maximum absolute atomic E-state index is 14.1. The van der Waals surface area contributed by atoms with E-state index in [1.165, 1.54) is 11.0 Å². The van der Waals surface area contributed by atoms with E-state index in [0.29, 0.717) is 23.4 Å². The lowest BCUT2D eigenvalue weighted by Crippen LogP contribution is -2.44. The Bertz CT molecular complexity index is 1110. The summed E-state index contributed by atoms with van der Waals surface area (Å²) in [7, 11) is 0. The number of halogens is 7. The van der Waals surface area contributed by atoms with Crippen LogP contribution in [-0.4, -0.2) is 24.1 Å². The number of ether oxygens (including phenoxy) is 1. The maximum Gasteiger partial charge on any atom is 0.416 e. The largest absolute Gasteiger partial charge is 0.446 e. The van der Waals surface area contributed by atoms with Crippen molar-refractivity contribution in [3.63, 3.8) is 0 Å². The second kappa shape index (κ2) is 9.98. The van der Waals surface area contributed by atoms with Gasteiger partial charge in [0.2, 0.25) is 5.91 Å². The first-order chi connectivity index (χ1) is 16.6. The van der Waals surface area contributed by atoms with Crippen LogP contribution in [0.15, 0.2) is 36.4 Å². The van der Waals surface area contributed by atoms with Crippen LogP contribution in [0.4, 0.5) is 46.9 Å². The van der Waals surface area contributed by atoms with Crippen molar-refractivity contribution < 1.29 is 45.1 Å². The number of nitrogens with zero attached hydrogens (tertiary/aromatic N) is 1. The number of nitrogens with one attached hydrogen (secondary N) is 1. The van der Waals surface area contributed by atoms with Gasteiger partial charge in [0.05, 0.1) is 22.9 Å². The molecule has 1 aliphatic rings. The zero-order valence-electron chi connectivity index (χ0n) is 19.4. The lowest BCUT2D eigenvalue weighted by Gasteiger charge is -2.38. The van der Waals surface area contributed by atoms with Gasteiger partial charge in [-0.3, -0.25) is 9.69 Å². The maximum atomic E-state index is 14.1. The standard InChI is InChI=1S/C24H23F7N2O3/c1-12(2)36-22(35)33-13(3)6-14(19-11-17(25)4-5-20(19)33)7-21(34)32-18-9-15(23(26,27)28)8-16(10-18)24(29,30)31/h4-5,8-14H,6-7H2,1-3H3,(H,32,34)/t13-,14?/m0/s1. The van der Waals surface area contributed by atoms with Gasteiger partial charge < -0.3 is 10.1 Å². The fourth-order valence-electron chi connectivity index (χ4n) is 4.15. The molecule has 0 bridgehead atoms. The Labute approximate surface area is 202 Å². The van der Waals surface area contributed by atoms with E-state index in [4.69, 9.17) is 4.74 Å². The Morgan fingerprint density at radius 2 is 1.61 bits per heavy atom. The highest BCUT2D eigenvalue weighted by molar-refractivity contribution is 5.93. The van der Waals surface area contributed by atoms with E-state index in [1.807, 2.05) is 0 Å². The minimum atomic E-state index is -5.07.